The van der Waals surface area contributed by atoms with E-state index >= 15 is 0 Å². The van der Waals surface area contributed by atoms with Gasteiger partial charge in [-0.15, -0.1) is 0 Å². The van der Waals surface area contributed by atoms with Crippen molar-refractivity contribution < 1.29 is 9.90 Å². The Balaban J connectivity index is 1.62. The lowest BCUT2D eigenvalue weighted by Crippen LogP contribution is -2.29. The molecule has 0 spiro atoms. The Morgan fingerprint density at radius 2 is 1.95 bits per heavy atom. The van der Waals surface area contributed by atoms with Crippen molar-refractivity contribution in [3.8, 4) is 5.75 Å². The monoisotopic (exact) mass is 281 g/mol. The summed E-state index contributed by atoms with van der Waals surface area (Å²) in [5, 5.41) is 9.46. The smallest absolute Gasteiger partial charge is 0.227 e. The molecular formula is C18H19NO2. The van der Waals surface area contributed by atoms with E-state index in [1.165, 1.54) is 5.56 Å². The van der Waals surface area contributed by atoms with E-state index in [1.807, 2.05) is 29.2 Å². The van der Waals surface area contributed by atoms with E-state index in [0.717, 1.165) is 25.1 Å². The third kappa shape index (κ3) is 3.24. The molecule has 2 aromatic carbocycles. The van der Waals surface area contributed by atoms with Gasteiger partial charge in [-0.25, -0.2) is 0 Å². The Bertz CT molecular complexity index is 624. The van der Waals surface area contributed by atoms with E-state index in [-0.39, 0.29) is 11.7 Å². The van der Waals surface area contributed by atoms with Crippen molar-refractivity contribution in [2.45, 2.75) is 18.8 Å². The highest BCUT2D eigenvalue weighted by Gasteiger charge is 2.26. The fraction of sp³-hybridized carbons (Fsp3) is 0.278. The first-order chi connectivity index (χ1) is 10.2. The Hall–Kier alpha value is -2.29. The molecule has 2 aromatic rings. The van der Waals surface area contributed by atoms with Gasteiger partial charge in [0.05, 0.1) is 6.42 Å². The van der Waals surface area contributed by atoms with Crippen molar-refractivity contribution in [2.24, 2.45) is 0 Å². The summed E-state index contributed by atoms with van der Waals surface area (Å²) in [6.07, 6.45) is 1.38. The Morgan fingerprint density at radius 3 is 2.71 bits per heavy atom. The first-order valence-electron chi connectivity index (χ1n) is 7.33. The first kappa shape index (κ1) is 13.7. The average Bonchev–Trinajstić information content (AvgIpc) is 2.98. The molecule has 3 heteroatoms. The highest BCUT2D eigenvalue weighted by Crippen LogP contribution is 2.27. The van der Waals surface area contributed by atoms with Crippen LogP contribution >= 0.6 is 0 Å². The van der Waals surface area contributed by atoms with Gasteiger partial charge >= 0.3 is 0 Å². The summed E-state index contributed by atoms with van der Waals surface area (Å²) in [7, 11) is 0. The predicted octanol–water partition coefficient (Wildman–Crippen LogP) is 2.95. The van der Waals surface area contributed by atoms with Gasteiger partial charge in [0.1, 0.15) is 5.75 Å². The SMILES string of the molecule is O=C(Cc1cccc(O)c1)N1CC[C@H](c2ccccc2)C1. The van der Waals surface area contributed by atoms with Gasteiger partial charge in [0.25, 0.3) is 0 Å². The van der Waals surface area contributed by atoms with E-state index in [1.54, 1.807) is 18.2 Å². The Labute approximate surface area is 124 Å². The molecule has 108 valence electrons. The number of phenolic OH excluding ortho intramolecular Hbond substituents is 1. The minimum absolute atomic E-state index is 0.138. The van der Waals surface area contributed by atoms with Crippen LogP contribution in [-0.2, 0) is 11.2 Å². The summed E-state index contributed by atoms with van der Waals surface area (Å²) in [6.45, 7) is 1.61. The predicted molar refractivity (Wildman–Crippen MR) is 82.2 cm³/mol. The van der Waals surface area contributed by atoms with E-state index in [2.05, 4.69) is 12.1 Å². The molecule has 3 nitrogen and oxygen atoms in total. The molecule has 1 aliphatic heterocycles. The molecule has 0 radical (unpaired) electrons. The van der Waals surface area contributed by atoms with E-state index in [4.69, 9.17) is 0 Å². The minimum Gasteiger partial charge on any atom is -0.508 e. The van der Waals surface area contributed by atoms with Gasteiger partial charge in [0.15, 0.2) is 0 Å². The van der Waals surface area contributed by atoms with Crippen LogP contribution in [0.3, 0.4) is 0 Å². The molecule has 0 aromatic heterocycles. The summed E-state index contributed by atoms with van der Waals surface area (Å²) < 4.78 is 0. The number of hydrogen-bond donors (Lipinski definition) is 1. The van der Waals surface area contributed by atoms with Gasteiger partial charge in [-0.1, -0.05) is 42.5 Å². The van der Waals surface area contributed by atoms with Crippen molar-refractivity contribution in [1.29, 1.82) is 0 Å². The van der Waals surface area contributed by atoms with Crippen LogP contribution in [-0.4, -0.2) is 29.0 Å². The summed E-state index contributed by atoms with van der Waals surface area (Å²) in [5.41, 5.74) is 2.17. The fourth-order valence-corrected chi connectivity index (χ4v) is 2.94. The normalized spacial score (nSPS) is 17.9. The lowest BCUT2D eigenvalue weighted by molar-refractivity contribution is -0.129. The van der Waals surface area contributed by atoms with Crippen LogP contribution in [0.15, 0.2) is 54.6 Å². The largest absolute Gasteiger partial charge is 0.508 e. The van der Waals surface area contributed by atoms with Gasteiger partial charge in [-0.3, -0.25) is 4.79 Å². The molecule has 0 bridgehead atoms. The summed E-state index contributed by atoms with van der Waals surface area (Å²) in [6, 6.07) is 17.3. The van der Waals surface area contributed by atoms with Crippen molar-refractivity contribution >= 4 is 5.91 Å². The molecule has 3 rings (SSSR count). The molecule has 1 heterocycles. The number of benzene rings is 2. The van der Waals surface area contributed by atoms with Crippen LogP contribution in [0.1, 0.15) is 23.5 Å². The van der Waals surface area contributed by atoms with Crippen molar-refractivity contribution in [3.63, 3.8) is 0 Å². The maximum atomic E-state index is 12.3. The summed E-state index contributed by atoms with van der Waals surface area (Å²) in [5.74, 6) is 0.794. The number of carbonyl (C=O) groups excluding carboxylic acids is 1. The molecule has 0 unspecified atom stereocenters. The minimum atomic E-state index is 0.138. The highest BCUT2D eigenvalue weighted by atomic mass is 16.3. The van der Waals surface area contributed by atoms with Crippen LogP contribution in [0.25, 0.3) is 0 Å². The van der Waals surface area contributed by atoms with Gasteiger partial charge in [-0.2, -0.15) is 0 Å². The first-order valence-corrected chi connectivity index (χ1v) is 7.33. The van der Waals surface area contributed by atoms with Crippen LogP contribution in [0.4, 0.5) is 0 Å². The highest BCUT2D eigenvalue weighted by molar-refractivity contribution is 5.79. The maximum absolute atomic E-state index is 12.3. The quantitative estimate of drug-likeness (QED) is 0.939. The van der Waals surface area contributed by atoms with Crippen LogP contribution in [0.5, 0.6) is 5.75 Å². The van der Waals surface area contributed by atoms with Crippen molar-refractivity contribution in [3.05, 3.63) is 65.7 Å². The second kappa shape index (κ2) is 6.00. The van der Waals surface area contributed by atoms with Gasteiger partial charge in [0.2, 0.25) is 5.91 Å². The summed E-state index contributed by atoms with van der Waals surface area (Å²) >= 11 is 0. The topological polar surface area (TPSA) is 40.5 Å². The number of nitrogens with zero attached hydrogens (tertiary/aromatic N) is 1. The van der Waals surface area contributed by atoms with Gasteiger partial charge < -0.3 is 10.0 Å². The van der Waals surface area contributed by atoms with E-state index < -0.39 is 0 Å². The van der Waals surface area contributed by atoms with E-state index in [9.17, 15) is 9.90 Å². The molecule has 0 aliphatic carbocycles. The third-order valence-corrected chi connectivity index (χ3v) is 4.08. The standard InChI is InChI=1S/C18H19NO2/c20-17-8-4-5-14(11-17)12-18(21)19-10-9-16(13-19)15-6-2-1-3-7-15/h1-8,11,16,20H,9-10,12-13H2/t16-/m0/s1. The molecular weight excluding hydrogens is 262 g/mol. The molecule has 1 amide bonds. The lowest BCUT2D eigenvalue weighted by Gasteiger charge is -2.17. The Kier molecular flexibility index (Phi) is 3.91. The second-order valence-electron chi connectivity index (χ2n) is 5.58. The average molecular weight is 281 g/mol. The number of rotatable bonds is 3. The van der Waals surface area contributed by atoms with E-state index in [0.29, 0.717) is 12.3 Å². The van der Waals surface area contributed by atoms with Gasteiger partial charge in [0, 0.05) is 19.0 Å². The number of amides is 1. The fourth-order valence-electron chi connectivity index (χ4n) is 2.94. The molecule has 21 heavy (non-hydrogen) atoms. The van der Waals surface area contributed by atoms with Gasteiger partial charge in [-0.05, 0) is 29.7 Å². The Morgan fingerprint density at radius 1 is 1.14 bits per heavy atom. The molecule has 1 N–H and O–H groups in total. The second-order valence-corrected chi connectivity index (χ2v) is 5.58. The number of aromatic hydroxyl groups is 1. The molecule has 1 atom stereocenters. The maximum Gasteiger partial charge on any atom is 0.227 e. The van der Waals surface area contributed by atoms with Crippen molar-refractivity contribution in [1.82, 2.24) is 4.90 Å². The number of phenols is 1. The molecule has 1 aliphatic rings. The third-order valence-electron chi connectivity index (χ3n) is 4.08. The number of carbonyl (C=O) groups is 1. The van der Waals surface area contributed by atoms with Crippen LogP contribution in [0.2, 0.25) is 0 Å². The zero-order valence-corrected chi connectivity index (χ0v) is 11.9. The van der Waals surface area contributed by atoms with Crippen LogP contribution < -0.4 is 0 Å². The zero-order chi connectivity index (χ0) is 14.7. The van der Waals surface area contributed by atoms with Crippen molar-refractivity contribution in [2.75, 3.05) is 13.1 Å². The summed E-state index contributed by atoms with van der Waals surface area (Å²) in [4.78, 5) is 14.3. The number of likely N-dealkylation sites (tertiary alicyclic amines) is 1. The number of hydrogen-bond acceptors (Lipinski definition) is 2. The molecule has 1 fully saturated rings. The lowest BCUT2D eigenvalue weighted by atomic mass is 9.99. The van der Waals surface area contributed by atoms with Crippen LogP contribution in [0, 0.1) is 0 Å². The molecule has 0 saturated carbocycles. The molecule has 1 saturated heterocycles. The zero-order valence-electron chi connectivity index (χ0n) is 11.9.